The molecule has 7 heteroatoms. The van der Waals surface area contributed by atoms with Crippen LogP contribution in [0.4, 0.5) is 0 Å². The van der Waals surface area contributed by atoms with E-state index in [9.17, 15) is 0 Å². The van der Waals surface area contributed by atoms with Gasteiger partial charge < -0.3 is 10.1 Å². The highest BCUT2D eigenvalue weighted by Crippen LogP contribution is 2.37. The fourth-order valence-corrected chi connectivity index (χ4v) is 5.45. The summed E-state index contributed by atoms with van der Waals surface area (Å²) in [6.07, 6.45) is 2.14. The minimum atomic E-state index is 0.750. The zero-order chi connectivity index (χ0) is 14.5. The number of fused-ring (bicyclic) bond motifs is 1. The molecule has 3 heterocycles. The van der Waals surface area contributed by atoms with Crippen molar-refractivity contribution in [1.82, 2.24) is 15.5 Å². The molecule has 0 radical (unpaired) electrons. The lowest BCUT2D eigenvalue weighted by atomic mass is 10.2. The van der Waals surface area contributed by atoms with E-state index in [0.717, 1.165) is 41.9 Å². The van der Waals surface area contributed by atoms with Gasteiger partial charge in [-0.25, -0.2) is 0 Å². The van der Waals surface area contributed by atoms with Gasteiger partial charge in [0.15, 0.2) is 5.01 Å². The first-order valence-electron chi connectivity index (χ1n) is 7.08. The maximum Gasteiger partial charge on any atom is 0.157 e. The molecule has 1 N–H and O–H groups in total. The number of nitrogens with one attached hydrogen (secondary N) is 1. The van der Waals surface area contributed by atoms with E-state index in [1.54, 1.807) is 23.3 Å². The lowest BCUT2D eigenvalue weighted by molar-refractivity contribution is 0.199. The van der Waals surface area contributed by atoms with Crippen LogP contribution in [0.15, 0.2) is 6.07 Å². The molecule has 0 atom stereocenters. The zero-order valence-corrected chi connectivity index (χ0v) is 14.5. The molecule has 4 nitrogen and oxygen atoms in total. The van der Waals surface area contributed by atoms with Crippen LogP contribution in [0.5, 0.6) is 0 Å². The Bertz CT molecular complexity index is 558. The number of thioether (sulfide) groups is 1. The van der Waals surface area contributed by atoms with Gasteiger partial charge >= 0.3 is 0 Å². The number of aryl methyl sites for hydroxylation is 1. The molecular weight excluding hydrogens is 322 g/mol. The first-order valence-corrected chi connectivity index (χ1v) is 9.87. The third kappa shape index (κ3) is 4.04. The maximum atomic E-state index is 5.01. The third-order valence-corrected chi connectivity index (χ3v) is 6.70. The predicted octanol–water partition coefficient (Wildman–Crippen LogP) is 2.83. The SMILES string of the molecule is COCCNCCc1nnc(-c2cc3c(s2)CCSC3)s1. The molecule has 3 rings (SSSR count). The summed E-state index contributed by atoms with van der Waals surface area (Å²) in [7, 11) is 1.72. The Morgan fingerprint density at radius 1 is 1.29 bits per heavy atom. The van der Waals surface area contributed by atoms with Crippen molar-refractivity contribution in [2.75, 3.05) is 32.6 Å². The standard InChI is InChI=1S/C14H19N3OS3/c1-18-6-5-15-4-2-13-16-17-14(21-13)12-8-10-9-19-7-3-11(10)20-12/h8,15H,2-7,9H2,1H3. The number of hydrogen-bond acceptors (Lipinski definition) is 7. The van der Waals surface area contributed by atoms with Crippen LogP contribution in [-0.2, 0) is 23.3 Å². The van der Waals surface area contributed by atoms with Crippen LogP contribution in [0.2, 0.25) is 0 Å². The molecule has 2 aromatic heterocycles. The van der Waals surface area contributed by atoms with Gasteiger partial charge in [-0.3, -0.25) is 0 Å². The molecule has 2 aromatic rings. The van der Waals surface area contributed by atoms with Crippen LogP contribution < -0.4 is 5.32 Å². The van der Waals surface area contributed by atoms with Crippen molar-refractivity contribution < 1.29 is 4.74 Å². The van der Waals surface area contributed by atoms with Gasteiger partial charge in [0.2, 0.25) is 0 Å². The van der Waals surface area contributed by atoms with Gasteiger partial charge in [-0.05, 0) is 23.8 Å². The number of methoxy groups -OCH3 is 1. The van der Waals surface area contributed by atoms with Gasteiger partial charge in [-0.2, -0.15) is 11.8 Å². The molecule has 114 valence electrons. The lowest BCUT2D eigenvalue weighted by Gasteiger charge is -2.08. The molecule has 1 aliphatic heterocycles. The summed E-state index contributed by atoms with van der Waals surface area (Å²) in [6.45, 7) is 2.56. The smallest absolute Gasteiger partial charge is 0.157 e. The van der Waals surface area contributed by atoms with Gasteiger partial charge in [0.05, 0.1) is 11.5 Å². The van der Waals surface area contributed by atoms with Crippen LogP contribution in [0, 0.1) is 0 Å². The number of thiophene rings is 1. The second-order valence-electron chi connectivity index (χ2n) is 4.86. The average molecular weight is 342 g/mol. The van der Waals surface area contributed by atoms with Crippen molar-refractivity contribution in [2.24, 2.45) is 0 Å². The monoisotopic (exact) mass is 341 g/mol. The van der Waals surface area contributed by atoms with E-state index in [4.69, 9.17) is 4.74 Å². The summed E-state index contributed by atoms with van der Waals surface area (Å²) in [6, 6.07) is 2.31. The molecule has 0 saturated carbocycles. The Balaban J connectivity index is 1.58. The van der Waals surface area contributed by atoms with Crippen LogP contribution >= 0.6 is 34.4 Å². The maximum absolute atomic E-state index is 5.01. The molecular formula is C14H19N3OS3. The number of nitrogens with zero attached hydrogens (tertiary/aromatic N) is 2. The number of aromatic nitrogens is 2. The van der Waals surface area contributed by atoms with Crippen molar-refractivity contribution in [2.45, 2.75) is 18.6 Å². The van der Waals surface area contributed by atoms with Crippen LogP contribution in [0.3, 0.4) is 0 Å². The van der Waals surface area contributed by atoms with Crippen molar-refractivity contribution in [3.63, 3.8) is 0 Å². The van der Waals surface area contributed by atoms with Gasteiger partial charge in [0, 0.05) is 37.3 Å². The molecule has 0 bridgehead atoms. The summed E-state index contributed by atoms with van der Waals surface area (Å²) >= 11 is 5.65. The minimum absolute atomic E-state index is 0.750. The summed E-state index contributed by atoms with van der Waals surface area (Å²) in [5.41, 5.74) is 1.50. The second kappa shape index (κ2) is 7.69. The highest BCUT2D eigenvalue weighted by Gasteiger charge is 2.16. The molecule has 0 aromatic carbocycles. The Hall–Kier alpha value is -0.470. The van der Waals surface area contributed by atoms with Gasteiger partial charge in [0.25, 0.3) is 0 Å². The van der Waals surface area contributed by atoms with Crippen LogP contribution in [-0.4, -0.2) is 42.8 Å². The van der Waals surface area contributed by atoms with Crippen LogP contribution in [0.25, 0.3) is 9.88 Å². The molecule has 0 aliphatic carbocycles. The topological polar surface area (TPSA) is 47.0 Å². The quantitative estimate of drug-likeness (QED) is 0.785. The molecule has 1 aliphatic rings. The van der Waals surface area contributed by atoms with Crippen molar-refractivity contribution in [3.8, 4) is 9.88 Å². The zero-order valence-electron chi connectivity index (χ0n) is 12.1. The summed E-state index contributed by atoms with van der Waals surface area (Å²) in [5, 5.41) is 14.2. The van der Waals surface area contributed by atoms with Crippen molar-refractivity contribution in [3.05, 3.63) is 21.5 Å². The van der Waals surface area contributed by atoms with Gasteiger partial charge in [-0.1, -0.05) is 11.3 Å². The molecule has 0 unspecified atom stereocenters. The van der Waals surface area contributed by atoms with E-state index in [1.807, 2.05) is 23.1 Å². The molecule has 0 amide bonds. The average Bonchev–Trinajstić information content (AvgIpc) is 3.13. The van der Waals surface area contributed by atoms with Crippen molar-refractivity contribution in [1.29, 1.82) is 0 Å². The number of ether oxygens (including phenoxy) is 1. The molecule has 21 heavy (non-hydrogen) atoms. The summed E-state index contributed by atoms with van der Waals surface area (Å²) < 4.78 is 5.01. The fraction of sp³-hybridized carbons (Fsp3) is 0.571. The van der Waals surface area contributed by atoms with E-state index in [-0.39, 0.29) is 0 Å². The van der Waals surface area contributed by atoms with Gasteiger partial charge in [0.1, 0.15) is 5.01 Å². The van der Waals surface area contributed by atoms with Crippen molar-refractivity contribution >= 4 is 34.4 Å². The normalized spacial score (nSPS) is 14.3. The molecule has 0 spiro atoms. The van der Waals surface area contributed by atoms with E-state index in [0.29, 0.717) is 0 Å². The first-order chi connectivity index (χ1) is 10.4. The fourth-order valence-electron chi connectivity index (χ4n) is 2.20. The lowest BCUT2D eigenvalue weighted by Crippen LogP contribution is -2.21. The second-order valence-corrected chi connectivity index (χ2v) is 8.16. The highest BCUT2D eigenvalue weighted by atomic mass is 32.2. The Morgan fingerprint density at radius 3 is 3.10 bits per heavy atom. The highest BCUT2D eigenvalue weighted by molar-refractivity contribution is 7.98. The summed E-state index contributed by atoms with van der Waals surface area (Å²) in [5.74, 6) is 2.41. The van der Waals surface area contributed by atoms with E-state index in [2.05, 4.69) is 21.6 Å². The van der Waals surface area contributed by atoms with E-state index in [1.165, 1.54) is 22.6 Å². The predicted molar refractivity (Wildman–Crippen MR) is 91.5 cm³/mol. The first kappa shape index (κ1) is 15.4. The molecule has 0 fully saturated rings. The Labute approximate surface area is 137 Å². The number of hydrogen-bond donors (Lipinski definition) is 1. The molecule has 0 saturated heterocycles. The minimum Gasteiger partial charge on any atom is -0.383 e. The third-order valence-electron chi connectivity index (χ3n) is 3.30. The Morgan fingerprint density at radius 2 is 2.24 bits per heavy atom. The number of rotatable bonds is 7. The van der Waals surface area contributed by atoms with Crippen LogP contribution in [0.1, 0.15) is 15.4 Å². The van der Waals surface area contributed by atoms with E-state index >= 15 is 0 Å². The van der Waals surface area contributed by atoms with Gasteiger partial charge in [-0.15, -0.1) is 21.5 Å². The summed E-state index contributed by atoms with van der Waals surface area (Å²) in [4.78, 5) is 2.83. The largest absolute Gasteiger partial charge is 0.383 e. The van der Waals surface area contributed by atoms with E-state index < -0.39 is 0 Å². The Kier molecular flexibility index (Phi) is 5.65.